The number of furan rings is 1. The van der Waals surface area contributed by atoms with Gasteiger partial charge in [0, 0.05) is 11.1 Å². The summed E-state index contributed by atoms with van der Waals surface area (Å²) in [6.07, 6.45) is 0. The van der Waals surface area contributed by atoms with E-state index in [2.05, 4.69) is 16.4 Å². The van der Waals surface area contributed by atoms with Crippen molar-refractivity contribution in [3.8, 4) is 6.07 Å². The Morgan fingerprint density at radius 2 is 2.05 bits per heavy atom. The average Bonchev–Trinajstić information content (AvgIpc) is 2.91. The third kappa shape index (κ3) is 2.59. The van der Waals surface area contributed by atoms with Gasteiger partial charge in [-0.15, -0.1) is 0 Å². The predicted octanol–water partition coefficient (Wildman–Crippen LogP) is 4.18. The molecule has 2 heterocycles. The number of hydrogen-bond acceptors (Lipinski definition) is 4. The highest BCUT2D eigenvalue weighted by Crippen LogP contribution is 2.26. The van der Waals surface area contributed by atoms with Crippen LogP contribution in [0.15, 0.2) is 46.9 Å². The van der Waals surface area contributed by atoms with Crippen molar-refractivity contribution in [3.05, 3.63) is 59.5 Å². The van der Waals surface area contributed by atoms with Gasteiger partial charge in [0.05, 0.1) is 11.6 Å². The lowest BCUT2D eigenvalue weighted by Gasteiger charge is -2.13. The van der Waals surface area contributed by atoms with Crippen molar-refractivity contribution in [1.29, 1.82) is 5.26 Å². The predicted molar refractivity (Wildman–Crippen MR) is 81.9 cm³/mol. The smallest absolute Gasteiger partial charge is 0.144 e. The standard InChI is InChI=1S/C17H15N3O/c1-11-7-8-14(10-18)17(19-11)20-12(2)16-9-13-5-3-4-6-15(13)21-16/h3-9,12H,1-2H3,(H,19,20)/t12-/m1/s1. The van der Waals surface area contributed by atoms with Crippen molar-refractivity contribution in [2.45, 2.75) is 19.9 Å². The van der Waals surface area contributed by atoms with Crippen LogP contribution in [0.1, 0.15) is 30.0 Å². The first-order chi connectivity index (χ1) is 10.2. The number of aromatic nitrogens is 1. The molecule has 0 aliphatic heterocycles. The van der Waals surface area contributed by atoms with Gasteiger partial charge >= 0.3 is 0 Å². The summed E-state index contributed by atoms with van der Waals surface area (Å²) >= 11 is 0. The number of nitrogens with zero attached hydrogens (tertiary/aromatic N) is 2. The van der Waals surface area contributed by atoms with Crippen LogP contribution in [0.5, 0.6) is 0 Å². The largest absolute Gasteiger partial charge is 0.459 e. The molecule has 0 saturated carbocycles. The Balaban J connectivity index is 1.91. The number of aryl methyl sites for hydroxylation is 1. The topological polar surface area (TPSA) is 61.9 Å². The summed E-state index contributed by atoms with van der Waals surface area (Å²) in [5.74, 6) is 1.41. The van der Waals surface area contributed by atoms with Gasteiger partial charge in [0.25, 0.3) is 0 Å². The molecule has 0 unspecified atom stereocenters. The van der Waals surface area contributed by atoms with Crippen molar-refractivity contribution < 1.29 is 4.42 Å². The van der Waals surface area contributed by atoms with E-state index in [4.69, 9.17) is 9.68 Å². The third-order valence-electron chi connectivity index (χ3n) is 3.38. The fourth-order valence-electron chi connectivity index (χ4n) is 2.25. The monoisotopic (exact) mass is 277 g/mol. The third-order valence-corrected chi connectivity index (χ3v) is 3.38. The first-order valence-corrected chi connectivity index (χ1v) is 6.80. The second-order valence-electron chi connectivity index (χ2n) is 5.01. The molecule has 21 heavy (non-hydrogen) atoms. The lowest BCUT2D eigenvalue weighted by atomic mass is 10.2. The van der Waals surface area contributed by atoms with Gasteiger partial charge in [0.1, 0.15) is 23.2 Å². The maximum absolute atomic E-state index is 9.15. The molecule has 1 N–H and O–H groups in total. The van der Waals surface area contributed by atoms with Gasteiger partial charge in [-0.05, 0) is 38.1 Å². The summed E-state index contributed by atoms with van der Waals surface area (Å²) in [6.45, 7) is 3.89. The summed E-state index contributed by atoms with van der Waals surface area (Å²) in [5, 5.41) is 13.5. The van der Waals surface area contributed by atoms with E-state index in [0.29, 0.717) is 11.4 Å². The Hall–Kier alpha value is -2.80. The zero-order chi connectivity index (χ0) is 14.8. The number of fused-ring (bicyclic) bond motifs is 1. The van der Waals surface area contributed by atoms with Crippen molar-refractivity contribution >= 4 is 16.8 Å². The fourth-order valence-corrected chi connectivity index (χ4v) is 2.25. The number of benzene rings is 1. The van der Waals surface area contributed by atoms with E-state index in [0.717, 1.165) is 22.4 Å². The van der Waals surface area contributed by atoms with Crippen molar-refractivity contribution in [2.75, 3.05) is 5.32 Å². The molecule has 0 radical (unpaired) electrons. The zero-order valence-corrected chi connectivity index (χ0v) is 11.9. The number of pyridine rings is 1. The van der Waals surface area contributed by atoms with Crippen molar-refractivity contribution in [1.82, 2.24) is 4.98 Å². The number of nitriles is 1. The molecule has 0 aliphatic rings. The molecule has 4 nitrogen and oxygen atoms in total. The molecule has 3 rings (SSSR count). The molecule has 104 valence electrons. The number of hydrogen-bond donors (Lipinski definition) is 1. The van der Waals surface area contributed by atoms with Crippen molar-refractivity contribution in [3.63, 3.8) is 0 Å². The number of anilines is 1. The molecule has 0 spiro atoms. The van der Waals surface area contributed by atoms with Gasteiger partial charge in [0.2, 0.25) is 0 Å². The average molecular weight is 277 g/mol. The van der Waals surface area contributed by atoms with E-state index >= 15 is 0 Å². The Morgan fingerprint density at radius 3 is 2.81 bits per heavy atom. The molecular formula is C17H15N3O. The molecule has 1 aromatic carbocycles. The molecule has 2 aromatic heterocycles. The number of nitrogens with one attached hydrogen (secondary N) is 1. The van der Waals surface area contributed by atoms with Crippen LogP contribution in [0.3, 0.4) is 0 Å². The second kappa shape index (κ2) is 5.29. The molecule has 0 amide bonds. The molecule has 0 bridgehead atoms. The zero-order valence-electron chi connectivity index (χ0n) is 11.9. The molecule has 4 heteroatoms. The van der Waals surface area contributed by atoms with E-state index in [1.54, 1.807) is 6.07 Å². The Bertz CT molecular complexity index is 796. The molecule has 0 saturated heterocycles. The maximum atomic E-state index is 9.15. The summed E-state index contributed by atoms with van der Waals surface area (Å²) < 4.78 is 5.83. The van der Waals surface area contributed by atoms with E-state index in [1.165, 1.54) is 0 Å². The van der Waals surface area contributed by atoms with Gasteiger partial charge in [-0.1, -0.05) is 18.2 Å². The van der Waals surface area contributed by atoms with Crippen LogP contribution in [-0.4, -0.2) is 4.98 Å². The van der Waals surface area contributed by atoms with Gasteiger partial charge in [-0.2, -0.15) is 5.26 Å². The highest BCUT2D eigenvalue weighted by atomic mass is 16.3. The highest BCUT2D eigenvalue weighted by Gasteiger charge is 2.14. The fraction of sp³-hybridized carbons (Fsp3) is 0.176. The molecule has 3 aromatic rings. The summed E-state index contributed by atoms with van der Waals surface area (Å²) in [5.41, 5.74) is 2.26. The van der Waals surface area contributed by atoms with Crippen LogP contribution < -0.4 is 5.32 Å². The minimum Gasteiger partial charge on any atom is -0.459 e. The van der Waals surface area contributed by atoms with Crippen LogP contribution in [0.2, 0.25) is 0 Å². The molecular weight excluding hydrogens is 262 g/mol. The van der Waals surface area contributed by atoms with Gasteiger partial charge in [-0.3, -0.25) is 0 Å². The van der Waals surface area contributed by atoms with E-state index < -0.39 is 0 Å². The first kappa shape index (κ1) is 13.2. The Labute approximate surface area is 123 Å². The Kier molecular flexibility index (Phi) is 3.33. The summed E-state index contributed by atoms with van der Waals surface area (Å²) in [7, 11) is 0. The lowest BCUT2D eigenvalue weighted by Crippen LogP contribution is -2.09. The number of rotatable bonds is 3. The number of para-hydroxylation sites is 1. The second-order valence-corrected chi connectivity index (χ2v) is 5.01. The van der Waals surface area contributed by atoms with E-state index in [9.17, 15) is 0 Å². The Morgan fingerprint density at radius 1 is 1.24 bits per heavy atom. The lowest BCUT2D eigenvalue weighted by molar-refractivity contribution is 0.525. The molecule has 0 aliphatic carbocycles. The quantitative estimate of drug-likeness (QED) is 0.780. The van der Waals surface area contributed by atoms with Crippen LogP contribution in [-0.2, 0) is 0 Å². The van der Waals surface area contributed by atoms with Crippen molar-refractivity contribution in [2.24, 2.45) is 0 Å². The van der Waals surface area contributed by atoms with Gasteiger partial charge < -0.3 is 9.73 Å². The normalized spacial score (nSPS) is 12.0. The SMILES string of the molecule is Cc1ccc(C#N)c(N[C@H](C)c2cc3ccccc3o2)n1. The first-order valence-electron chi connectivity index (χ1n) is 6.80. The highest BCUT2D eigenvalue weighted by molar-refractivity contribution is 5.77. The minimum atomic E-state index is -0.0706. The van der Waals surface area contributed by atoms with Gasteiger partial charge in [0.15, 0.2) is 0 Å². The minimum absolute atomic E-state index is 0.0706. The van der Waals surface area contributed by atoms with Crippen LogP contribution in [0, 0.1) is 18.3 Å². The summed E-state index contributed by atoms with van der Waals surface area (Å²) in [6, 6.07) is 15.6. The van der Waals surface area contributed by atoms with Crippen LogP contribution in [0.25, 0.3) is 11.0 Å². The van der Waals surface area contributed by atoms with E-state index in [1.807, 2.05) is 50.2 Å². The molecule has 0 fully saturated rings. The summed E-state index contributed by atoms with van der Waals surface area (Å²) in [4.78, 5) is 4.39. The van der Waals surface area contributed by atoms with Gasteiger partial charge in [-0.25, -0.2) is 4.98 Å². The molecule has 1 atom stereocenters. The maximum Gasteiger partial charge on any atom is 0.144 e. The van der Waals surface area contributed by atoms with Crippen LogP contribution in [0.4, 0.5) is 5.82 Å². The van der Waals surface area contributed by atoms with E-state index in [-0.39, 0.29) is 6.04 Å². The van der Waals surface area contributed by atoms with Crippen LogP contribution >= 0.6 is 0 Å².